The molecule has 0 unspecified atom stereocenters. The lowest BCUT2D eigenvalue weighted by Gasteiger charge is -2.37. The molecular weight excluding hydrogens is 276 g/mol. The third kappa shape index (κ3) is 4.73. The Kier molecular flexibility index (Phi) is 6.25. The summed E-state index contributed by atoms with van der Waals surface area (Å²) in [7, 11) is 5.82. The normalized spacial score (nSPS) is 18.5. The molecule has 0 spiro atoms. The van der Waals surface area contributed by atoms with E-state index in [1.165, 1.54) is 12.0 Å². The Hall–Kier alpha value is -1.55. The maximum Gasteiger partial charge on any atom is 0.223 e. The average Bonchev–Trinajstić information content (AvgIpc) is 2.53. The summed E-state index contributed by atoms with van der Waals surface area (Å²) in [6.07, 6.45) is 4.90. The molecule has 1 saturated heterocycles. The molecule has 2 rings (SSSR count). The fraction of sp³-hybridized carbons (Fsp3) is 0.611. The number of carbonyl (C=O) groups excluding carboxylic acids is 1. The first-order valence-corrected chi connectivity index (χ1v) is 8.17. The minimum Gasteiger partial charge on any atom is -0.497 e. The highest BCUT2D eigenvalue weighted by Crippen LogP contribution is 2.19. The number of methoxy groups -OCH3 is 1. The molecule has 1 aliphatic heterocycles. The topological polar surface area (TPSA) is 32.8 Å². The second-order valence-corrected chi connectivity index (χ2v) is 6.35. The molecule has 4 nitrogen and oxygen atoms in total. The van der Waals surface area contributed by atoms with Crippen LogP contribution in [0.25, 0.3) is 0 Å². The van der Waals surface area contributed by atoms with Crippen LogP contribution < -0.4 is 4.74 Å². The van der Waals surface area contributed by atoms with Crippen LogP contribution in [0.2, 0.25) is 0 Å². The summed E-state index contributed by atoms with van der Waals surface area (Å²) in [4.78, 5) is 16.9. The fourth-order valence-electron chi connectivity index (χ4n) is 3.13. The van der Waals surface area contributed by atoms with Gasteiger partial charge in [-0.2, -0.15) is 0 Å². The zero-order valence-electron chi connectivity index (χ0n) is 14.0. The average molecular weight is 304 g/mol. The number of amides is 1. The summed E-state index contributed by atoms with van der Waals surface area (Å²) in [5.41, 5.74) is 1.19. The van der Waals surface area contributed by atoms with Crippen molar-refractivity contribution in [3.8, 4) is 5.75 Å². The van der Waals surface area contributed by atoms with E-state index in [2.05, 4.69) is 23.9 Å². The van der Waals surface area contributed by atoms with E-state index in [0.29, 0.717) is 18.4 Å². The highest BCUT2D eigenvalue weighted by molar-refractivity contribution is 5.77. The van der Waals surface area contributed by atoms with Crippen molar-refractivity contribution in [1.82, 2.24) is 9.80 Å². The first-order valence-electron chi connectivity index (χ1n) is 8.17. The van der Waals surface area contributed by atoms with Gasteiger partial charge in [-0.05, 0) is 57.5 Å². The van der Waals surface area contributed by atoms with E-state index in [9.17, 15) is 4.79 Å². The molecule has 1 aliphatic rings. The highest BCUT2D eigenvalue weighted by atomic mass is 16.5. The number of ether oxygens (including phenoxy) is 1. The number of rotatable bonds is 6. The highest BCUT2D eigenvalue weighted by Gasteiger charge is 2.26. The van der Waals surface area contributed by atoms with Gasteiger partial charge in [-0.1, -0.05) is 12.1 Å². The van der Waals surface area contributed by atoms with Gasteiger partial charge in [0.1, 0.15) is 5.75 Å². The van der Waals surface area contributed by atoms with Crippen molar-refractivity contribution in [2.75, 3.05) is 34.3 Å². The molecule has 0 radical (unpaired) electrons. The summed E-state index contributed by atoms with van der Waals surface area (Å²) in [5.74, 6) is 1.15. The Balaban J connectivity index is 1.88. The van der Waals surface area contributed by atoms with E-state index in [4.69, 9.17) is 4.74 Å². The summed E-state index contributed by atoms with van der Waals surface area (Å²) in [5, 5.41) is 0. The van der Waals surface area contributed by atoms with Crippen LogP contribution in [-0.4, -0.2) is 56.0 Å². The van der Waals surface area contributed by atoms with Gasteiger partial charge in [0.15, 0.2) is 0 Å². The Labute approximate surface area is 134 Å². The molecule has 122 valence electrons. The maximum atomic E-state index is 12.6. The van der Waals surface area contributed by atoms with Gasteiger partial charge in [0.05, 0.1) is 7.11 Å². The molecule has 1 atom stereocenters. The summed E-state index contributed by atoms with van der Waals surface area (Å²) >= 11 is 0. The minimum absolute atomic E-state index is 0.294. The summed E-state index contributed by atoms with van der Waals surface area (Å²) in [6.45, 7) is 1.88. The molecule has 1 heterocycles. The van der Waals surface area contributed by atoms with E-state index in [1.54, 1.807) is 7.11 Å². The van der Waals surface area contributed by atoms with Crippen molar-refractivity contribution in [3.63, 3.8) is 0 Å². The number of likely N-dealkylation sites (N-methyl/N-ethyl adjacent to an activating group) is 1. The molecule has 1 amide bonds. The molecule has 1 fully saturated rings. The second-order valence-electron chi connectivity index (χ2n) is 6.35. The van der Waals surface area contributed by atoms with Gasteiger partial charge in [0.25, 0.3) is 0 Å². The Morgan fingerprint density at radius 1 is 1.27 bits per heavy atom. The molecule has 0 bridgehead atoms. The third-order valence-electron chi connectivity index (χ3n) is 4.31. The zero-order chi connectivity index (χ0) is 15.9. The molecule has 0 N–H and O–H groups in total. The number of benzene rings is 1. The molecule has 4 heteroatoms. The van der Waals surface area contributed by atoms with Crippen molar-refractivity contribution in [2.24, 2.45) is 0 Å². The quantitative estimate of drug-likeness (QED) is 0.810. The number of piperidine rings is 1. The molecule has 0 aromatic heterocycles. The molecule has 0 saturated carbocycles. The maximum absolute atomic E-state index is 12.6. The number of nitrogens with zero attached hydrogens (tertiary/aromatic N) is 2. The Bertz CT molecular complexity index is 470. The molecule has 1 aromatic rings. The standard InChI is InChI=1S/C18H28N2O2/c1-19(2)14-16-6-4-5-13-20(16)18(21)12-9-15-7-10-17(22-3)11-8-15/h7-8,10-11,16H,4-6,9,12-14H2,1-3H3/t16-/m0/s1. The van der Waals surface area contributed by atoms with Gasteiger partial charge in [0, 0.05) is 25.6 Å². The first kappa shape index (κ1) is 16.8. The number of aryl methyl sites for hydroxylation is 1. The number of hydrogen-bond donors (Lipinski definition) is 0. The van der Waals surface area contributed by atoms with Crippen molar-refractivity contribution in [1.29, 1.82) is 0 Å². The number of likely N-dealkylation sites (tertiary alicyclic amines) is 1. The number of hydrogen-bond acceptors (Lipinski definition) is 3. The van der Waals surface area contributed by atoms with Crippen molar-refractivity contribution in [2.45, 2.75) is 38.1 Å². The van der Waals surface area contributed by atoms with E-state index >= 15 is 0 Å². The van der Waals surface area contributed by atoms with Crippen LogP contribution in [0.1, 0.15) is 31.2 Å². The summed E-state index contributed by atoms with van der Waals surface area (Å²) < 4.78 is 5.16. The monoisotopic (exact) mass is 304 g/mol. The second kappa shape index (κ2) is 8.18. The van der Waals surface area contributed by atoms with Crippen molar-refractivity contribution >= 4 is 5.91 Å². The van der Waals surface area contributed by atoms with Gasteiger partial charge in [0.2, 0.25) is 5.91 Å². The first-order chi connectivity index (χ1) is 10.6. The van der Waals surface area contributed by atoms with Crippen LogP contribution in [-0.2, 0) is 11.2 Å². The van der Waals surface area contributed by atoms with Crippen LogP contribution in [0.15, 0.2) is 24.3 Å². The van der Waals surface area contributed by atoms with Gasteiger partial charge < -0.3 is 14.5 Å². The lowest BCUT2D eigenvalue weighted by atomic mass is 10.0. The van der Waals surface area contributed by atoms with E-state index < -0.39 is 0 Å². The van der Waals surface area contributed by atoms with Crippen molar-refractivity contribution < 1.29 is 9.53 Å². The molecular formula is C18H28N2O2. The Morgan fingerprint density at radius 3 is 2.64 bits per heavy atom. The Morgan fingerprint density at radius 2 is 2.00 bits per heavy atom. The van der Waals surface area contributed by atoms with Crippen LogP contribution >= 0.6 is 0 Å². The van der Waals surface area contributed by atoms with Crippen LogP contribution in [0.4, 0.5) is 0 Å². The lowest BCUT2D eigenvalue weighted by Crippen LogP contribution is -2.48. The van der Waals surface area contributed by atoms with E-state index in [0.717, 1.165) is 38.1 Å². The van der Waals surface area contributed by atoms with E-state index in [-0.39, 0.29) is 0 Å². The lowest BCUT2D eigenvalue weighted by molar-refractivity contribution is -0.135. The number of carbonyl (C=O) groups is 1. The van der Waals surface area contributed by atoms with Crippen molar-refractivity contribution in [3.05, 3.63) is 29.8 Å². The van der Waals surface area contributed by atoms with Crippen LogP contribution in [0.3, 0.4) is 0 Å². The third-order valence-corrected chi connectivity index (χ3v) is 4.31. The van der Waals surface area contributed by atoms with Crippen LogP contribution in [0, 0.1) is 0 Å². The predicted molar refractivity (Wildman–Crippen MR) is 89.2 cm³/mol. The van der Waals surface area contributed by atoms with E-state index in [1.807, 2.05) is 24.3 Å². The summed E-state index contributed by atoms with van der Waals surface area (Å²) in [6, 6.07) is 8.37. The smallest absolute Gasteiger partial charge is 0.223 e. The molecule has 22 heavy (non-hydrogen) atoms. The van der Waals surface area contributed by atoms with Gasteiger partial charge >= 0.3 is 0 Å². The molecule has 1 aromatic carbocycles. The van der Waals surface area contributed by atoms with Gasteiger partial charge in [-0.15, -0.1) is 0 Å². The largest absolute Gasteiger partial charge is 0.497 e. The molecule has 0 aliphatic carbocycles. The fourth-order valence-corrected chi connectivity index (χ4v) is 3.13. The SMILES string of the molecule is COc1ccc(CCC(=O)N2CCCC[C@H]2CN(C)C)cc1. The van der Waals surface area contributed by atoms with Crippen LogP contribution in [0.5, 0.6) is 5.75 Å². The predicted octanol–water partition coefficient (Wildman–Crippen LogP) is 2.57. The van der Waals surface area contributed by atoms with Gasteiger partial charge in [-0.3, -0.25) is 4.79 Å². The minimum atomic E-state index is 0.294. The van der Waals surface area contributed by atoms with Gasteiger partial charge in [-0.25, -0.2) is 0 Å². The zero-order valence-corrected chi connectivity index (χ0v) is 14.0.